The molecule has 1 heterocycles. The van der Waals surface area contributed by atoms with Crippen LogP contribution in [0.3, 0.4) is 0 Å². The minimum absolute atomic E-state index is 0.297. The number of hydrogen-bond donors (Lipinski definition) is 1. The molecular weight excluding hydrogens is 253 g/mol. The fourth-order valence-electron chi connectivity index (χ4n) is 2.24. The number of halogens is 1. The van der Waals surface area contributed by atoms with E-state index in [1.807, 2.05) is 31.2 Å². The number of aryl methyl sites for hydroxylation is 1. The van der Waals surface area contributed by atoms with Crippen LogP contribution in [0.4, 0.5) is 10.2 Å². The predicted molar refractivity (Wildman–Crippen MR) is 79.2 cm³/mol. The lowest BCUT2D eigenvalue weighted by Crippen LogP contribution is -1.99. The highest BCUT2D eigenvalue weighted by Crippen LogP contribution is 2.26. The SMILES string of the molecule is CNc1nc(-c2ccccc2C)nc2cc(F)ccc12. The van der Waals surface area contributed by atoms with Crippen LogP contribution in [0.2, 0.25) is 0 Å². The molecule has 3 rings (SSSR count). The summed E-state index contributed by atoms with van der Waals surface area (Å²) in [6, 6.07) is 12.4. The lowest BCUT2D eigenvalue weighted by atomic mass is 10.1. The molecule has 0 aliphatic rings. The number of anilines is 1. The summed E-state index contributed by atoms with van der Waals surface area (Å²) in [6.07, 6.45) is 0. The highest BCUT2D eigenvalue weighted by Gasteiger charge is 2.10. The molecule has 0 fully saturated rings. The Balaban J connectivity index is 2.30. The Morgan fingerprint density at radius 3 is 2.60 bits per heavy atom. The zero-order valence-electron chi connectivity index (χ0n) is 11.3. The maximum absolute atomic E-state index is 13.4. The van der Waals surface area contributed by atoms with Crippen molar-refractivity contribution in [2.75, 3.05) is 12.4 Å². The molecular formula is C16H14FN3. The Kier molecular flexibility index (Phi) is 3.06. The van der Waals surface area contributed by atoms with E-state index >= 15 is 0 Å². The van der Waals surface area contributed by atoms with Gasteiger partial charge in [-0.3, -0.25) is 0 Å². The summed E-state index contributed by atoms with van der Waals surface area (Å²) >= 11 is 0. The number of aromatic nitrogens is 2. The lowest BCUT2D eigenvalue weighted by Gasteiger charge is -2.09. The zero-order chi connectivity index (χ0) is 14.1. The molecule has 20 heavy (non-hydrogen) atoms. The average molecular weight is 267 g/mol. The predicted octanol–water partition coefficient (Wildman–Crippen LogP) is 3.79. The van der Waals surface area contributed by atoms with Crippen molar-refractivity contribution >= 4 is 16.7 Å². The van der Waals surface area contributed by atoms with Crippen LogP contribution in [0, 0.1) is 12.7 Å². The van der Waals surface area contributed by atoms with Crippen LogP contribution in [0.15, 0.2) is 42.5 Å². The summed E-state index contributed by atoms with van der Waals surface area (Å²) in [4.78, 5) is 9.02. The highest BCUT2D eigenvalue weighted by molar-refractivity contribution is 5.90. The molecule has 0 amide bonds. The van der Waals surface area contributed by atoms with Gasteiger partial charge in [0.1, 0.15) is 11.6 Å². The second kappa shape index (κ2) is 4.89. The fraction of sp³-hybridized carbons (Fsp3) is 0.125. The Morgan fingerprint density at radius 2 is 1.85 bits per heavy atom. The van der Waals surface area contributed by atoms with Gasteiger partial charge < -0.3 is 5.32 Å². The maximum atomic E-state index is 13.4. The molecule has 0 saturated heterocycles. The van der Waals surface area contributed by atoms with E-state index in [9.17, 15) is 4.39 Å². The third kappa shape index (κ3) is 2.09. The van der Waals surface area contributed by atoms with Crippen LogP contribution < -0.4 is 5.32 Å². The summed E-state index contributed by atoms with van der Waals surface area (Å²) in [7, 11) is 1.80. The van der Waals surface area contributed by atoms with E-state index in [-0.39, 0.29) is 5.82 Å². The first-order valence-electron chi connectivity index (χ1n) is 6.40. The second-order valence-corrected chi connectivity index (χ2v) is 4.62. The monoisotopic (exact) mass is 267 g/mol. The molecule has 2 aromatic carbocycles. The van der Waals surface area contributed by atoms with E-state index in [0.29, 0.717) is 17.2 Å². The van der Waals surface area contributed by atoms with E-state index in [0.717, 1.165) is 16.5 Å². The minimum Gasteiger partial charge on any atom is -0.373 e. The molecule has 0 atom stereocenters. The van der Waals surface area contributed by atoms with Crippen LogP contribution in [-0.2, 0) is 0 Å². The van der Waals surface area contributed by atoms with E-state index < -0.39 is 0 Å². The van der Waals surface area contributed by atoms with Crippen molar-refractivity contribution in [3.63, 3.8) is 0 Å². The zero-order valence-corrected chi connectivity index (χ0v) is 11.3. The first-order chi connectivity index (χ1) is 9.69. The fourth-order valence-corrected chi connectivity index (χ4v) is 2.24. The normalized spacial score (nSPS) is 10.8. The van der Waals surface area contributed by atoms with Gasteiger partial charge in [0.25, 0.3) is 0 Å². The van der Waals surface area contributed by atoms with Gasteiger partial charge in [-0.15, -0.1) is 0 Å². The van der Waals surface area contributed by atoms with Crippen LogP contribution in [0.1, 0.15) is 5.56 Å². The quantitative estimate of drug-likeness (QED) is 0.767. The highest BCUT2D eigenvalue weighted by atomic mass is 19.1. The second-order valence-electron chi connectivity index (χ2n) is 4.62. The molecule has 0 radical (unpaired) electrons. The van der Waals surface area contributed by atoms with E-state index in [2.05, 4.69) is 15.3 Å². The van der Waals surface area contributed by atoms with Gasteiger partial charge in [0.15, 0.2) is 5.82 Å². The van der Waals surface area contributed by atoms with Crippen LogP contribution >= 0.6 is 0 Å². The van der Waals surface area contributed by atoms with Crippen molar-refractivity contribution in [3.8, 4) is 11.4 Å². The van der Waals surface area contributed by atoms with Crippen LogP contribution in [0.25, 0.3) is 22.3 Å². The number of benzene rings is 2. The third-order valence-corrected chi connectivity index (χ3v) is 3.28. The van der Waals surface area contributed by atoms with Crippen molar-refractivity contribution in [1.82, 2.24) is 9.97 Å². The molecule has 1 aromatic heterocycles. The topological polar surface area (TPSA) is 37.8 Å². The van der Waals surface area contributed by atoms with E-state index in [4.69, 9.17) is 0 Å². The number of hydrogen-bond acceptors (Lipinski definition) is 3. The van der Waals surface area contributed by atoms with Gasteiger partial charge in [-0.05, 0) is 24.6 Å². The number of fused-ring (bicyclic) bond motifs is 1. The molecule has 0 bridgehead atoms. The molecule has 3 nitrogen and oxygen atoms in total. The molecule has 0 saturated carbocycles. The van der Waals surface area contributed by atoms with Crippen molar-refractivity contribution in [1.29, 1.82) is 0 Å². The van der Waals surface area contributed by atoms with Crippen LogP contribution in [-0.4, -0.2) is 17.0 Å². The Hall–Kier alpha value is -2.49. The molecule has 0 aliphatic carbocycles. The van der Waals surface area contributed by atoms with Gasteiger partial charge in [0, 0.05) is 24.1 Å². The van der Waals surface area contributed by atoms with Crippen LogP contribution in [0.5, 0.6) is 0 Å². The van der Waals surface area contributed by atoms with Gasteiger partial charge in [0.2, 0.25) is 0 Å². The molecule has 0 spiro atoms. The maximum Gasteiger partial charge on any atom is 0.162 e. The van der Waals surface area contributed by atoms with E-state index in [1.165, 1.54) is 12.1 Å². The van der Waals surface area contributed by atoms with Crippen molar-refractivity contribution in [3.05, 3.63) is 53.8 Å². The van der Waals surface area contributed by atoms with Crippen molar-refractivity contribution < 1.29 is 4.39 Å². The summed E-state index contributed by atoms with van der Waals surface area (Å²) in [6.45, 7) is 2.01. The van der Waals surface area contributed by atoms with Gasteiger partial charge >= 0.3 is 0 Å². The summed E-state index contributed by atoms with van der Waals surface area (Å²) in [5.74, 6) is 1.01. The number of nitrogens with zero attached hydrogens (tertiary/aromatic N) is 2. The standard InChI is InChI=1S/C16H14FN3/c1-10-5-3-4-6-12(10)16-19-14-9-11(17)7-8-13(14)15(18-2)20-16/h3-9H,1-2H3,(H,18,19,20). The first kappa shape index (κ1) is 12.5. The molecule has 3 aromatic rings. The Bertz CT molecular complexity index is 784. The summed E-state index contributed by atoms with van der Waals surface area (Å²) in [5, 5.41) is 3.86. The number of rotatable bonds is 2. The van der Waals surface area contributed by atoms with Gasteiger partial charge in [0.05, 0.1) is 5.52 Å². The van der Waals surface area contributed by atoms with Crippen molar-refractivity contribution in [2.24, 2.45) is 0 Å². The molecule has 0 unspecified atom stereocenters. The third-order valence-electron chi connectivity index (χ3n) is 3.28. The largest absolute Gasteiger partial charge is 0.373 e. The van der Waals surface area contributed by atoms with Crippen molar-refractivity contribution in [2.45, 2.75) is 6.92 Å². The molecule has 100 valence electrons. The lowest BCUT2D eigenvalue weighted by molar-refractivity contribution is 0.629. The first-order valence-corrected chi connectivity index (χ1v) is 6.40. The number of nitrogens with one attached hydrogen (secondary N) is 1. The van der Waals surface area contributed by atoms with Gasteiger partial charge in [-0.1, -0.05) is 24.3 Å². The molecule has 4 heteroatoms. The molecule has 0 aliphatic heterocycles. The van der Waals surface area contributed by atoms with Gasteiger partial charge in [-0.25, -0.2) is 14.4 Å². The summed E-state index contributed by atoms with van der Waals surface area (Å²) in [5.41, 5.74) is 2.64. The molecule has 1 N–H and O–H groups in total. The Labute approximate surface area is 116 Å². The average Bonchev–Trinajstić information content (AvgIpc) is 2.46. The van der Waals surface area contributed by atoms with E-state index in [1.54, 1.807) is 13.1 Å². The Morgan fingerprint density at radius 1 is 1.05 bits per heavy atom. The minimum atomic E-state index is -0.297. The smallest absolute Gasteiger partial charge is 0.162 e. The van der Waals surface area contributed by atoms with Gasteiger partial charge in [-0.2, -0.15) is 0 Å². The summed E-state index contributed by atoms with van der Waals surface area (Å²) < 4.78 is 13.4.